The van der Waals surface area contributed by atoms with Crippen LogP contribution in [0.15, 0.2) is 79.4 Å². The molecule has 0 radical (unpaired) electrons. The summed E-state index contributed by atoms with van der Waals surface area (Å²) in [5, 5.41) is 3.13. The molecule has 0 saturated heterocycles. The van der Waals surface area contributed by atoms with Gasteiger partial charge in [0.1, 0.15) is 12.4 Å². The van der Waals surface area contributed by atoms with Gasteiger partial charge in [0, 0.05) is 13.0 Å². The van der Waals surface area contributed by atoms with Crippen molar-refractivity contribution >= 4 is 5.91 Å². The van der Waals surface area contributed by atoms with E-state index in [4.69, 9.17) is 0 Å². The summed E-state index contributed by atoms with van der Waals surface area (Å²) in [6, 6.07) is 20.1. The number of carbonyl (C=O) groups is 1. The van der Waals surface area contributed by atoms with Crippen LogP contribution in [0.5, 0.6) is 0 Å². The molecule has 0 aliphatic heterocycles. The zero-order valence-corrected chi connectivity index (χ0v) is 21.4. The van der Waals surface area contributed by atoms with E-state index in [2.05, 4.69) is 46.0 Å². The Labute approximate surface area is 209 Å². The molecule has 1 amide bonds. The van der Waals surface area contributed by atoms with Gasteiger partial charge in [-0.1, -0.05) is 99.7 Å². The predicted molar refractivity (Wildman–Crippen MR) is 130 cm³/mol. The summed E-state index contributed by atoms with van der Waals surface area (Å²) < 4.78 is 4.28. The maximum absolute atomic E-state index is 13.2. The fraction of sp³-hybridized carbons (Fsp3) is 0.429. The number of benzene rings is 2. The van der Waals surface area contributed by atoms with Gasteiger partial charge in [-0.05, 0) is 24.0 Å². The molecule has 5 heteroatoms. The Bertz CT molecular complexity index is 911. The third kappa shape index (κ3) is 9.55. The van der Waals surface area contributed by atoms with Crippen molar-refractivity contribution in [3.63, 3.8) is 0 Å². The second kappa shape index (κ2) is 15.4. The van der Waals surface area contributed by atoms with Crippen LogP contribution in [-0.2, 0) is 24.3 Å². The van der Waals surface area contributed by atoms with Crippen molar-refractivity contribution in [1.29, 1.82) is 0 Å². The van der Waals surface area contributed by atoms with Crippen molar-refractivity contribution in [2.75, 3.05) is 0 Å². The van der Waals surface area contributed by atoms with E-state index in [-0.39, 0.29) is 28.9 Å². The molecule has 0 bridgehead atoms. The summed E-state index contributed by atoms with van der Waals surface area (Å²) in [4.78, 5) is 13.2. The van der Waals surface area contributed by atoms with Crippen molar-refractivity contribution in [1.82, 2.24) is 9.88 Å². The molecule has 1 N–H and O–H groups in total. The molecule has 3 aromatic rings. The Hall–Kier alpha value is -2.40. The number of nitrogens with one attached hydrogen (secondary N) is 1. The van der Waals surface area contributed by atoms with Crippen LogP contribution in [-0.4, -0.2) is 10.5 Å². The number of aromatic nitrogens is 2. The van der Waals surface area contributed by atoms with Gasteiger partial charge in [0.15, 0.2) is 6.04 Å². The smallest absolute Gasteiger partial charge is 0.266 e. The molecular weight excluding hydrogens is 474 g/mol. The summed E-state index contributed by atoms with van der Waals surface area (Å²) in [7, 11) is 0. The molecule has 2 aromatic carbocycles. The van der Waals surface area contributed by atoms with E-state index in [1.165, 1.54) is 50.5 Å². The molecule has 1 atom stereocenters. The molecule has 3 rings (SSSR count). The number of rotatable bonds is 14. The van der Waals surface area contributed by atoms with E-state index in [0.717, 1.165) is 12.1 Å². The van der Waals surface area contributed by atoms with Crippen LogP contribution >= 0.6 is 0 Å². The second-order valence-corrected chi connectivity index (χ2v) is 8.63. The van der Waals surface area contributed by atoms with Crippen LogP contribution in [0.2, 0.25) is 0 Å². The van der Waals surface area contributed by atoms with Crippen LogP contribution in [0.3, 0.4) is 0 Å². The van der Waals surface area contributed by atoms with Gasteiger partial charge < -0.3 is 22.3 Å². The fourth-order valence-electron chi connectivity index (χ4n) is 4.05. The first-order valence-corrected chi connectivity index (χ1v) is 12.2. The standard InChI is InChI=1S/C28H37N3O.BrH/c1-2-3-4-5-6-7-14-19-30-20-21-31(24-30)27(22-25-15-10-8-11-16-25)28(32)29-23-26-17-12-9-13-18-26;/h8-13,15-18,20-21,24,27H,2-7,14,19,22-23H2,1H3;1H/t27-;/m0./s1. The molecule has 1 heterocycles. The highest BCUT2D eigenvalue weighted by atomic mass is 79.9. The Morgan fingerprint density at radius 1 is 0.879 bits per heavy atom. The number of amides is 1. The average Bonchev–Trinajstić information content (AvgIpc) is 3.30. The largest absolute Gasteiger partial charge is 1.00 e. The monoisotopic (exact) mass is 511 g/mol. The van der Waals surface area contributed by atoms with Crippen LogP contribution in [0.1, 0.15) is 69.0 Å². The van der Waals surface area contributed by atoms with E-state index in [1.54, 1.807) is 0 Å². The van der Waals surface area contributed by atoms with E-state index < -0.39 is 0 Å². The van der Waals surface area contributed by atoms with E-state index in [1.807, 2.05) is 54.7 Å². The highest BCUT2D eigenvalue weighted by Crippen LogP contribution is 2.15. The minimum absolute atomic E-state index is 0. The third-order valence-electron chi connectivity index (χ3n) is 5.98. The number of nitrogens with zero attached hydrogens (tertiary/aromatic N) is 2. The number of carbonyl (C=O) groups excluding carboxylic acids is 1. The second-order valence-electron chi connectivity index (χ2n) is 8.63. The topological polar surface area (TPSA) is 37.9 Å². The molecular formula is C28H38BrN3O. The van der Waals surface area contributed by atoms with Gasteiger partial charge >= 0.3 is 0 Å². The maximum atomic E-state index is 13.2. The summed E-state index contributed by atoms with van der Waals surface area (Å²) in [5.41, 5.74) is 2.28. The van der Waals surface area contributed by atoms with Gasteiger partial charge in [-0.2, -0.15) is 0 Å². The molecule has 4 nitrogen and oxygen atoms in total. The summed E-state index contributed by atoms with van der Waals surface area (Å²) in [5.74, 6) is 0.0522. The lowest BCUT2D eigenvalue weighted by molar-refractivity contribution is -0.697. The van der Waals surface area contributed by atoms with Gasteiger partial charge in [0.05, 0.1) is 6.54 Å². The number of unbranched alkanes of at least 4 members (excludes halogenated alkanes) is 6. The highest BCUT2D eigenvalue weighted by molar-refractivity contribution is 5.80. The molecule has 0 saturated carbocycles. The maximum Gasteiger partial charge on any atom is 0.266 e. The summed E-state index contributed by atoms with van der Waals surface area (Å²) in [6.45, 7) is 3.81. The fourth-order valence-corrected chi connectivity index (χ4v) is 4.05. The molecule has 0 aliphatic carbocycles. The first kappa shape index (κ1) is 26.8. The van der Waals surface area contributed by atoms with Crippen LogP contribution in [0, 0.1) is 0 Å². The number of imidazole rings is 1. The zero-order valence-electron chi connectivity index (χ0n) is 19.8. The van der Waals surface area contributed by atoms with Crippen molar-refractivity contribution in [2.45, 2.75) is 77.4 Å². The molecule has 0 fully saturated rings. The molecule has 0 aliphatic rings. The van der Waals surface area contributed by atoms with E-state index in [9.17, 15) is 4.79 Å². The number of hydrogen-bond acceptors (Lipinski definition) is 1. The van der Waals surface area contributed by atoms with Crippen LogP contribution in [0.25, 0.3) is 0 Å². The highest BCUT2D eigenvalue weighted by Gasteiger charge is 2.25. The normalized spacial score (nSPS) is 11.5. The Balaban J connectivity index is 0.00000385. The minimum Gasteiger partial charge on any atom is -1.00 e. The average molecular weight is 513 g/mol. The SMILES string of the molecule is CCCCCCCCC[n+]1ccn([C@@H](Cc2ccccc2)C(=O)NCc2ccccc2)c1.[Br-]. The van der Waals surface area contributed by atoms with Gasteiger partial charge in [0.25, 0.3) is 5.91 Å². The lowest BCUT2D eigenvalue weighted by Gasteiger charge is -2.14. The minimum atomic E-state index is -0.267. The van der Waals surface area contributed by atoms with Gasteiger partial charge in [0.2, 0.25) is 6.33 Å². The molecule has 0 unspecified atom stereocenters. The zero-order chi connectivity index (χ0) is 22.4. The van der Waals surface area contributed by atoms with Gasteiger partial charge in [-0.15, -0.1) is 0 Å². The predicted octanol–water partition coefficient (Wildman–Crippen LogP) is 2.63. The Morgan fingerprint density at radius 2 is 1.48 bits per heavy atom. The molecule has 178 valence electrons. The van der Waals surface area contributed by atoms with Gasteiger partial charge in [-0.25, -0.2) is 9.13 Å². The number of halogens is 1. The van der Waals surface area contributed by atoms with E-state index in [0.29, 0.717) is 13.0 Å². The van der Waals surface area contributed by atoms with Crippen molar-refractivity contribution in [2.24, 2.45) is 0 Å². The summed E-state index contributed by atoms with van der Waals surface area (Å²) in [6.07, 6.45) is 16.0. The van der Waals surface area contributed by atoms with Crippen molar-refractivity contribution in [3.8, 4) is 0 Å². The quantitative estimate of drug-likeness (QED) is 0.262. The first-order chi connectivity index (χ1) is 15.8. The lowest BCUT2D eigenvalue weighted by Crippen LogP contribution is -3.00. The van der Waals surface area contributed by atoms with Gasteiger partial charge in [-0.3, -0.25) is 4.79 Å². The molecule has 0 spiro atoms. The summed E-state index contributed by atoms with van der Waals surface area (Å²) >= 11 is 0. The van der Waals surface area contributed by atoms with Crippen LogP contribution in [0.4, 0.5) is 0 Å². The lowest BCUT2D eigenvalue weighted by atomic mass is 10.0. The van der Waals surface area contributed by atoms with Crippen molar-refractivity contribution < 1.29 is 26.3 Å². The van der Waals surface area contributed by atoms with Crippen LogP contribution < -0.4 is 26.9 Å². The van der Waals surface area contributed by atoms with Crippen molar-refractivity contribution in [3.05, 3.63) is 90.5 Å². The van der Waals surface area contributed by atoms with E-state index >= 15 is 0 Å². The Kier molecular flexibility index (Phi) is 12.6. The number of hydrogen-bond donors (Lipinski definition) is 1. The first-order valence-electron chi connectivity index (χ1n) is 12.2. The number of aryl methyl sites for hydroxylation is 1. The molecule has 1 aromatic heterocycles. The third-order valence-corrected chi connectivity index (χ3v) is 5.98. The Morgan fingerprint density at radius 3 is 2.15 bits per heavy atom. The molecule has 33 heavy (non-hydrogen) atoms.